The molecular weight excluding hydrogens is 361 g/mol. The topological polar surface area (TPSA) is 56.1 Å². The van der Waals surface area contributed by atoms with E-state index >= 15 is 0 Å². The van der Waals surface area contributed by atoms with Crippen LogP contribution in [-0.2, 0) is 6.54 Å². The second-order valence-corrected chi connectivity index (χ2v) is 7.65. The summed E-state index contributed by atoms with van der Waals surface area (Å²) in [4.78, 5) is 11.1. The molecule has 4 aromatic rings. The molecule has 2 aromatic carbocycles. The molecule has 1 atom stereocenters. The lowest BCUT2D eigenvalue weighted by Crippen LogP contribution is -2.19. The second-order valence-electron chi connectivity index (χ2n) is 7.65. The summed E-state index contributed by atoms with van der Waals surface area (Å²) in [5.74, 6) is 2.23. The van der Waals surface area contributed by atoms with Gasteiger partial charge in [0, 0.05) is 18.3 Å². The number of fused-ring (bicyclic) bond motifs is 1. The normalized spacial score (nSPS) is 17.0. The number of hydrogen-bond donors (Lipinski definition) is 0. The van der Waals surface area contributed by atoms with Crippen LogP contribution >= 0.6 is 0 Å². The van der Waals surface area contributed by atoms with Crippen molar-refractivity contribution in [3.8, 4) is 22.8 Å². The molecule has 1 saturated heterocycles. The van der Waals surface area contributed by atoms with Crippen molar-refractivity contribution in [1.29, 1.82) is 0 Å². The Morgan fingerprint density at radius 1 is 1.03 bits per heavy atom. The zero-order valence-electron chi connectivity index (χ0n) is 16.4. The fourth-order valence-corrected chi connectivity index (χ4v) is 3.98. The van der Waals surface area contributed by atoms with Crippen molar-refractivity contribution in [1.82, 2.24) is 24.6 Å². The first-order valence-corrected chi connectivity index (χ1v) is 9.95. The largest absolute Gasteiger partial charge is 0.457 e. The molecule has 1 fully saturated rings. The van der Waals surface area contributed by atoms with Gasteiger partial charge in [0.15, 0.2) is 13.6 Å². The molecule has 1 aliphatic rings. The van der Waals surface area contributed by atoms with Gasteiger partial charge in [0.2, 0.25) is 0 Å². The zero-order chi connectivity index (χ0) is 19.6. The molecule has 7 heteroatoms. The maximum absolute atomic E-state index is 5.91. The highest BCUT2D eigenvalue weighted by molar-refractivity contribution is 6.04. The van der Waals surface area contributed by atoms with Gasteiger partial charge in [0.1, 0.15) is 23.5 Å². The van der Waals surface area contributed by atoms with Crippen LogP contribution in [0.2, 0.25) is 0 Å². The highest BCUT2D eigenvalue weighted by atomic mass is 16.5. The molecule has 0 saturated carbocycles. The first-order chi connectivity index (χ1) is 14.3. The Bertz CT molecular complexity index is 1110. The SMILES string of the molecule is BN1CCC(Cn2nc(-c3ccc(Oc4ccccc4)cc3)c3cncnc32)C1. The number of para-hydroxylation sites is 1. The average molecular weight is 383 g/mol. The molecule has 0 amide bonds. The Balaban J connectivity index is 1.44. The maximum Gasteiger partial charge on any atom is 0.185 e. The minimum Gasteiger partial charge on any atom is -0.457 e. The number of hydrogen-bond acceptors (Lipinski definition) is 5. The van der Waals surface area contributed by atoms with E-state index < -0.39 is 0 Å². The van der Waals surface area contributed by atoms with Gasteiger partial charge < -0.3 is 9.55 Å². The highest BCUT2D eigenvalue weighted by Crippen LogP contribution is 2.30. The smallest absolute Gasteiger partial charge is 0.185 e. The van der Waals surface area contributed by atoms with E-state index in [1.807, 2.05) is 65.5 Å². The van der Waals surface area contributed by atoms with Crippen molar-refractivity contribution in [2.24, 2.45) is 5.92 Å². The molecule has 6 nitrogen and oxygen atoms in total. The molecule has 2 aromatic heterocycles. The zero-order valence-corrected chi connectivity index (χ0v) is 16.4. The summed E-state index contributed by atoms with van der Waals surface area (Å²) in [6, 6.07) is 17.8. The van der Waals surface area contributed by atoms with E-state index in [2.05, 4.69) is 22.8 Å². The molecule has 29 heavy (non-hydrogen) atoms. The summed E-state index contributed by atoms with van der Waals surface area (Å²) in [5, 5.41) is 5.90. The summed E-state index contributed by atoms with van der Waals surface area (Å²) in [6.07, 6.45) is 4.65. The minimum atomic E-state index is 0.604. The van der Waals surface area contributed by atoms with E-state index in [-0.39, 0.29) is 0 Å². The van der Waals surface area contributed by atoms with E-state index in [9.17, 15) is 0 Å². The van der Waals surface area contributed by atoms with Gasteiger partial charge in [0.05, 0.1) is 5.39 Å². The van der Waals surface area contributed by atoms with Crippen LogP contribution in [0, 0.1) is 5.92 Å². The van der Waals surface area contributed by atoms with Crippen LogP contribution in [0.25, 0.3) is 22.3 Å². The standard InChI is InChI=1S/C22H22BN5O/c23-27-11-10-16(13-27)14-28-22-20(12-24-15-25-22)21(26-28)17-6-8-19(9-7-17)29-18-4-2-1-3-5-18/h1-9,12,15-16H,10-11,13-14,23H2. The van der Waals surface area contributed by atoms with Gasteiger partial charge in [-0.3, -0.25) is 0 Å². The Labute approximate surface area is 170 Å². The second kappa shape index (κ2) is 7.68. The highest BCUT2D eigenvalue weighted by Gasteiger charge is 2.22. The van der Waals surface area contributed by atoms with Crippen LogP contribution in [0.15, 0.2) is 67.1 Å². The van der Waals surface area contributed by atoms with Gasteiger partial charge in [-0.2, -0.15) is 5.10 Å². The third-order valence-corrected chi connectivity index (χ3v) is 5.44. The average Bonchev–Trinajstić information content (AvgIpc) is 3.33. The third-order valence-electron chi connectivity index (χ3n) is 5.44. The van der Waals surface area contributed by atoms with Crippen LogP contribution in [0.4, 0.5) is 0 Å². The lowest BCUT2D eigenvalue weighted by Gasteiger charge is -2.11. The first kappa shape index (κ1) is 17.9. The third kappa shape index (κ3) is 3.73. The lowest BCUT2D eigenvalue weighted by atomic mass is 10.1. The molecule has 0 aliphatic carbocycles. The van der Waals surface area contributed by atoms with Crippen molar-refractivity contribution in [2.75, 3.05) is 13.1 Å². The molecule has 1 aliphatic heterocycles. The number of rotatable bonds is 5. The van der Waals surface area contributed by atoms with Gasteiger partial charge in [-0.05, 0) is 61.8 Å². The van der Waals surface area contributed by atoms with E-state index in [0.29, 0.717) is 5.92 Å². The summed E-state index contributed by atoms with van der Waals surface area (Å²) >= 11 is 0. The first-order valence-electron chi connectivity index (χ1n) is 9.95. The van der Waals surface area contributed by atoms with Gasteiger partial charge in [0.25, 0.3) is 0 Å². The van der Waals surface area contributed by atoms with Gasteiger partial charge in [-0.25, -0.2) is 14.6 Å². The minimum absolute atomic E-state index is 0.604. The van der Waals surface area contributed by atoms with Crippen LogP contribution < -0.4 is 4.74 Å². The van der Waals surface area contributed by atoms with Crippen LogP contribution in [-0.4, -0.2) is 45.6 Å². The number of aromatic nitrogens is 4. The van der Waals surface area contributed by atoms with Crippen molar-refractivity contribution in [2.45, 2.75) is 13.0 Å². The fourth-order valence-electron chi connectivity index (χ4n) is 3.98. The number of benzene rings is 2. The molecule has 0 spiro atoms. The van der Waals surface area contributed by atoms with Crippen LogP contribution in [0.1, 0.15) is 6.42 Å². The van der Waals surface area contributed by atoms with Crippen molar-refractivity contribution < 1.29 is 4.74 Å². The van der Waals surface area contributed by atoms with Crippen molar-refractivity contribution >= 4 is 19.0 Å². The molecule has 0 radical (unpaired) electrons. The predicted octanol–water partition coefficient (Wildman–Crippen LogP) is 3.16. The summed E-state index contributed by atoms with van der Waals surface area (Å²) in [5.41, 5.74) is 2.85. The molecule has 0 bridgehead atoms. The van der Waals surface area contributed by atoms with E-state index in [4.69, 9.17) is 9.84 Å². The molecule has 144 valence electrons. The van der Waals surface area contributed by atoms with Gasteiger partial charge in [-0.1, -0.05) is 18.2 Å². The molecular formula is C22H22BN5O. The quantitative estimate of drug-likeness (QED) is 0.496. The Kier molecular flexibility index (Phi) is 4.73. The van der Waals surface area contributed by atoms with Crippen molar-refractivity contribution in [3.05, 3.63) is 67.1 Å². The molecule has 3 heterocycles. The van der Waals surface area contributed by atoms with E-state index in [0.717, 1.165) is 53.4 Å². The van der Waals surface area contributed by atoms with Crippen molar-refractivity contribution in [3.63, 3.8) is 0 Å². The monoisotopic (exact) mass is 383 g/mol. The Morgan fingerprint density at radius 3 is 2.59 bits per heavy atom. The van der Waals surface area contributed by atoms with E-state index in [1.165, 1.54) is 6.42 Å². The summed E-state index contributed by atoms with van der Waals surface area (Å²) < 4.78 is 7.95. The predicted molar refractivity (Wildman–Crippen MR) is 115 cm³/mol. The summed E-state index contributed by atoms with van der Waals surface area (Å²) in [7, 11) is 2.17. The van der Waals surface area contributed by atoms with Crippen LogP contribution in [0.5, 0.6) is 11.5 Å². The molecule has 1 unspecified atom stereocenters. The lowest BCUT2D eigenvalue weighted by molar-refractivity contribution is 0.433. The summed E-state index contributed by atoms with van der Waals surface area (Å²) in [6.45, 7) is 3.13. The fraction of sp³-hybridized carbons (Fsp3) is 0.227. The number of ether oxygens (including phenoxy) is 1. The van der Waals surface area contributed by atoms with Gasteiger partial charge in [-0.15, -0.1) is 0 Å². The Morgan fingerprint density at radius 2 is 1.83 bits per heavy atom. The number of nitrogens with zero attached hydrogens (tertiary/aromatic N) is 5. The molecule has 0 N–H and O–H groups in total. The van der Waals surface area contributed by atoms with E-state index in [1.54, 1.807) is 6.33 Å². The Hall–Kier alpha value is -3.19. The van der Waals surface area contributed by atoms with Gasteiger partial charge >= 0.3 is 0 Å². The van der Waals surface area contributed by atoms with Crippen LogP contribution in [0.3, 0.4) is 0 Å². The maximum atomic E-state index is 5.91. The molecule has 5 rings (SSSR count).